The maximum atomic E-state index is 10.1. The monoisotopic (exact) mass is 264 g/mol. The van der Waals surface area contributed by atoms with Crippen molar-refractivity contribution in [2.45, 2.75) is 50.4 Å². The van der Waals surface area contributed by atoms with Crippen LogP contribution in [0.25, 0.3) is 0 Å². The van der Waals surface area contributed by atoms with Gasteiger partial charge in [-0.3, -0.25) is 0 Å². The maximum absolute atomic E-state index is 10.1. The summed E-state index contributed by atoms with van der Waals surface area (Å²) < 4.78 is 11.0. The molecule has 106 valence electrons. The van der Waals surface area contributed by atoms with Gasteiger partial charge in [-0.15, -0.1) is 0 Å². The van der Waals surface area contributed by atoms with Crippen molar-refractivity contribution in [3.8, 4) is 0 Å². The Hall–Kier alpha value is -0.900. The Kier molecular flexibility index (Phi) is 5.37. The Balaban J connectivity index is 1.96. The Morgan fingerprint density at radius 1 is 1.26 bits per heavy atom. The summed E-state index contributed by atoms with van der Waals surface area (Å²) in [6.45, 7) is 2.56. The van der Waals surface area contributed by atoms with Gasteiger partial charge in [0.1, 0.15) is 0 Å². The molecule has 0 spiro atoms. The first-order valence-corrected chi connectivity index (χ1v) is 7.08. The van der Waals surface area contributed by atoms with Crippen molar-refractivity contribution in [2.75, 3.05) is 13.7 Å². The third kappa shape index (κ3) is 4.03. The highest BCUT2D eigenvalue weighted by molar-refractivity contribution is 5.20. The molecule has 0 bridgehead atoms. The fourth-order valence-electron chi connectivity index (χ4n) is 2.86. The molecular formula is C16H24O3. The second-order valence-corrected chi connectivity index (χ2v) is 5.43. The molecule has 19 heavy (non-hydrogen) atoms. The summed E-state index contributed by atoms with van der Waals surface area (Å²) in [5.41, 5.74) is 1.35. The number of hydrogen-bond donors (Lipinski definition) is 1. The molecule has 0 saturated heterocycles. The predicted octanol–water partition coefficient (Wildman–Crippen LogP) is 2.74. The van der Waals surface area contributed by atoms with Crippen LogP contribution in [0, 0.1) is 0 Å². The number of methoxy groups -OCH3 is 1. The molecule has 1 aliphatic rings. The number of hydrogen-bond acceptors (Lipinski definition) is 3. The summed E-state index contributed by atoms with van der Waals surface area (Å²) in [6.07, 6.45) is 2.33. The van der Waals surface area contributed by atoms with Crippen molar-refractivity contribution in [1.82, 2.24) is 0 Å². The molecule has 1 saturated carbocycles. The van der Waals surface area contributed by atoms with E-state index in [1.807, 2.05) is 13.0 Å². The number of aliphatic hydroxyl groups is 1. The Labute approximate surface area is 115 Å². The van der Waals surface area contributed by atoms with Gasteiger partial charge in [0.05, 0.1) is 24.9 Å². The van der Waals surface area contributed by atoms with E-state index in [0.717, 1.165) is 19.3 Å². The van der Waals surface area contributed by atoms with Gasteiger partial charge < -0.3 is 14.6 Å². The lowest BCUT2D eigenvalue weighted by molar-refractivity contribution is -0.107. The molecule has 1 aromatic carbocycles. The Bertz CT molecular complexity index is 366. The molecule has 1 aliphatic carbocycles. The molecule has 1 fully saturated rings. The molecule has 0 aliphatic heterocycles. The molecular weight excluding hydrogens is 240 g/mol. The van der Waals surface area contributed by atoms with Crippen LogP contribution in [-0.4, -0.2) is 37.1 Å². The van der Waals surface area contributed by atoms with E-state index >= 15 is 0 Å². The van der Waals surface area contributed by atoms with Gasteiger partial charge in [0.2, 0.25) is 0 Å². The number of aliphatic hydroxyl groups excluding tert-OH is 1. The van der Waals surface area contributed by atoms with E-state index in [4.69, 9.17) is 9.47 Å². The smallest absolute Gasteiger partial charge is 0.0844 e. The van der Waals surface area contributed by atoms with Gasteiger partial charge in [-0.1, -0.05) is 30.3 Å². The molecule has 1 aromatic rings. The molecule has 3 heteroatoms. The SMILES string of the molecule is COCC(C)OC1CC(c2ccccc2)CCC1O. The highest BCUT2D eigenvalue weighted by Gasteiger charge is 2.31. The van der Waals surface area contributed by atoms with Gasteiger partial charge in [-0.25, -0.2) is 0 Å². The van der Waals surface area contributed by atoms with Crippen LogP contribution in [0.4, 0.5) is 0 Å². The summed E-state index contributed by atoms with van der Waals surface area (Å²) in [6, 6.07) is 10.5. The molecule has 2 rings (SSSR count). The number of benzene rings is 1. The van der Waals surface area contributed by atoms with Gasteiger partial charge >= 0.3 is 0 Å². The van der Waals surface area contributed by atoms with Crippen molar-refractivity contribution in [3.05, 3.63) is 35.9 Å². The zero-order valence-electron chi connectivity index (χ0n) is 11.8. The van der Waals surface area contributed by atoms with Crippen LogP contribution in [0.1, 0.15) is 37.7 Å². The van der Waals surface area contributed by atoms with Crippen molar-refractivity contribution in [3.63, 3.8) is 0 Å². The van der Waals surface area contributed by atoms with Crippen LogP contribution in [0.3, 0.4) is 0 Å². The largest absolute Gasteiger partial charge is 0.390 e. The lowest BCUT2D eigenvalue weighted by Gasteiger charge is -2.35. The van der Waals surface area contributed by atoms with Crippen molar-refractivity contribution in [2.24, 2.45) is 0 Å². The minimum Gasteiger partial charge on any atom is -0.390 e. The molecule has 0 radical (unpaired) electrons. The molecule has 0 heterocycles. The van der Waals surface area contributed by atoms with Gasteiger partial charge in [0, 0.05) is 7.11 Å². The minimum absolute atomic E-state index is 0.0270. The maximum Gasteiger partial charge on any atom is 0.0844 e. The van der Waals surface area contributed by atoms with Gasteiger partial charge in [-0.05, 0) is 37.7 Å². The second-order valence-electron chi connectivity index (χ2n) is 5.43. The summed E-state index contributed by atoms with van der Waals surface area (Å²) in [4.78, 5) is 0. The quantitative estimate of drug-likeness (QED) is 0.888. The van der Waals surface area contributed by atoms with E-state index in [0.29, 0.717) is 12.5 Å². The fraction of sp³-hybridized carbons (Fsp3) is 0.625. The van der Waals surface area contributed by atoms with E-state index in [-0.39, 0.29) is 18.3 Å². The molecule has 1 N–H and O–H groups in total. The van der Waals surface area contributed by atoms with Crippen LogP contribution in [0.15, 0.2) is 30.3 Å². The molecule has 0 aromatic heterocycles. The normalized spacial score (nSPS) is 29.1. The van der Waals surface area contributed by atoms with E-state index in [1.54, 1.807) is 7.11 Å². The summed E-state index contributed by atoms with van der Waals surface area (Å²) in [7, 11) is 1.67. The Morgan fingerprint density at radius 2 is 2.00 bits per heavy atom. The fourth-order valence-corrected chi connectivity index (χ4v) is 2.86. The average molecular weight is 264 g/mol. The third-order valence-corrected chi connectivity index (χ3v) is 3.84. The van der Waals surface area contributed by atoms with Crippen LogP contribution < -0.4 is 0 Å². The molecule has 3 nitrogen and oxygen atoms in total. The highest BCUT2D eigenvalue weighted by Crippen LogP contribution is 2.34. The number of ether oxygens (including phenoxy) is 2. The summed E-state index contributed by atoms with van der Waals surface area (Å²) >= 11 is 0. The van der Waals surface area contributed by atoms with Gasteiger partial charge in [0.15, 0.2) is 0 Å². The first kappa shape index (κ1) is 14.5. The highest BCUT2D eigenvalue weighted by atomic mass is 16.5. The predicted molar refractivity (Wildman–Crippen MR) is 75.3 cm³/mol. The average Bonchev–Trinajstić information content (AvgIpc) is 2.42. The first-order valence-electron chi connectivity index (χ1n) is 7.08. The van der Waals surface area contributed by atoms with Crippen LogP contribution in [0.2, 0.25) is 0 Å². The lowest BCUT2D eigenvalue weighted by atomic mass is 9.81. The summed E-state index contributed by atoms with van der Waals surface area (Å²) in [5.74, 6) is 0.490. The number of rotatable bonds is 5. The van der Waals surface area contributed by atoms with Crippen LogP contribution in [-0.2, 0) is 9.47 Å². The standard InChI is InChI=1S/C16H24O3/c1-12(11-18-2)19-16-10-14(8-9-15(16)17)13-6-4-3-5-7-13/h3-7,12,14-17H,8-11H2,1-2H3. The van der Waals surface area contributed by atoms with E-state index in [9.17, 15) is 5.11 Å². The topological polar surface area (TPSA) is 38.7 Å². The van der Waals surface area contributed by atoms with Crippen molar-refractivity contribution in [1.29, 1.82) is 0 Å². The van der Waals surface area contributed by atoms with Crippen LogP contribution >= 0.6 is 0 Å². The van der Waals surface area contributed by atoms with Gasteiger partial charge in [0.25, 0.3) is 0 Å². The van der Waals surface area contributed by atoms with Crippen molar-refractivity contribution < 1.29 is 14.6 Å². The van der Waals surface area contributed by atoms with E-state index in [2.05, 4.69) is 24.3 Å². The van der Waals surface area contributed by atoms with E-state index < -0.39 is 0 Å². The molecule has 0 amide bonds. The zero-order valence-corrected chi connectivity index (χ0v) is 11.8. The second kappa shape index (κ2) is 7.04. The molecule has 4 unspecified atom stereocenters. The lowest BCUT2D eigenvalue weighted by Crippen LogP contribution is -2.38. The summed E-state index contributed by atoms with van der Waals surface area (Å²) in [5, 5.41) is 10.1. The molecule has 4 atom stereocenters. The minimum atomic E-state index is -0.348. The third-order valence-electron chi connectivity index (χ3n) is 3.84. The van der Waals surface area contributed by atoms with Crippen LogP contribution in [0.5, 0.6) is 0 Å². The zero-order chi connectivity index (χ0) is 13.7. The van der Waals surface area contributed by atoms with Crippen molar-refractivity contribution >= 4 is 0 Å². The van der Waals surface area contributed by atoms with E-state index in [1.165, 1.54) is 5.56 Å². The Morgan fingerprint density at radius 3 is 2.68 bits per heavy atom. The van der Waals surface area contributed by atoms with Gasteiger partial charge in [-0.2, -0.15) is 0 Å². The first-order chi connectivity index (χ1) is 9.20.